The largest absolute Gasteiger partial charge is 0.355 e. The molecule has 24 heavy (non-hydrogen) atoms. The monoisotopic (exact) mass is 325 g/mol. The van der Waals surface area contributed by atoms with Crippen LogP contribution in [-0.4, -0.2) is 61.9 Å². The number of aryl methyl sites for hydroxylation is 1. The molecule has 0 unspecified atom stereocenters. The number of nitrogens with zero attached hydrogens (tertiary/aromatic N) is 5. The Labute approximate surface area is 139 Å². The van der Waals surface area contributed by atoms with Crippen LogP contribution in [0.3, 0.4) is 0 Å². The van der Waals surface area contributed by atoms with Gasteiger partial charge in [-0.05, 0) is 19.1 Å². The molecule has 0 aliphatic carbocycles. The molecule has 0 saturated carbocycles. The van der Waals surface area contributed by atoms with Crippen molar-refractivity contribution in [1.82, 2.24) is 29.9 Å². The topological polar surface area (TPSA) is 85.8 Å². The zero-order chi connectivity index (χ0) is 16.5. The predicted octanol–water partition coefficient (Wildman–Crippen LogP) is 1.19. The SMILES string of the molecule is Cc1cc(-n2cc(C(=O)N3CCN(c4ccc[nH]4)CC3)cn2)n[nH]1. The number of hydrogen-bond acceptors (Lipinski definition) is 4. The van der Waals surface area contributed by atoms with E-state index in [9.17, 15) is 4.79 Å². The summed E-state index contributed by atoms with van der Waals surface area (Å²) < 4.78 is 1.62. The van der Waals surface area contributed by atoms with Crippen molar-refractivity contribution in [2.45, 2.75) is 6.92 Å². The highest BCUT2D eigenvalue weighted by Gasteiger charge is 2.23. The lowest BCUT2D eigenvalue weighted by Crippen LogP contribution is -2.48. The Morgan fingerprint density at radius 3 is 2.75 bits per heavy atom. The van der Waals surface area contributed by atoms with Crippen molar-refractivity contribution in [3.8, 4) is 5.82 Å². The van der Waals surface area contributed by atoms with Crippen molar-refractivity contribution in [3.05, 3.63) is 48.0 Å². The normalized spacial score (nSPS) is 15.0. The quantitative estimate of drug-likeness (QED) is 0.757. The van der Waals surface area contributed by atoms with Gasteiger partial charge in [0.2, 0.25) is 0 Å². The number of piperazine rings is 1. The van der Waals surface area contributed by atoms with E-state index < -0.39 is 0 Å². The van der Waals surface area contributed by atoms with E-state index in [1.807, 2.05) is 36.2 Å². The predicted molar refractivity (Wildman–Crippen MR) is 89.4 cm³/mol. The van der Waals surface area contributed by atoms with E-state index in [-0.39, 0.29) is 5.91 Å². The molecule has 1 aliphatic heterocycles. The van der Waals surface area contributed by atoms with Gasteiger partial charge in [-0.25, -0.2) is 4.68 Å². The van der Waals surface area contributed by atoms with Crippen molar-refractivity contribution in [3.63, 3.8) is 0 Å². The van der Waals surface area contributed by atoms with Crippen LogP contribution < -0.4 is 4.90 Å². The van der Waals surface area contributed by atoms with Gasteiger partial charge in [0.15, 0.2) is 5.82 Å². The average molecular weight is 325 g/mol. The molecule has 1 amide bonds. The van der Waals surface area contributed by atoms with Crippen molar-refractivity contribution >= 4 is 11.7 Å². The number of aromatic amines is 2. The molecular formula is C16H19N7O. The lowest BCUT2D eigenvalue weighted by atomic mass is 10.2. The molecule has 0 bridgehead atoms. The van der Waals surface area contributed by atoms with Crippen molar-refractivity contribution in [1.29, 1.82) is 0 Å². The van der Waals surface area contributed by atoms with Gasteiger partial charge in [-0.15, -0.1) is 0 Å². The second-order valence-electron chi connectivity index (χ2n) is 5.92. The fraction of sp³-hybridized carbons (Fsp3) is 0.312. The maximum absolute atomic E-state index is 12.7. The first-order valence-corrected chi connectivity index (χ1v) is 7.95. The third-order valence-electron chi connectivity index (χ3n) is 4.25. The maximum atomic E-state index is 12.7. The van der Waals surface area contributed by atoms with Gasteiger partial charge in [-0.2, -0.15) is 10.2 Å². The molecule has 0 aromatic carbocycles. The third kappa shape index (κ3) is 2.66. The Morgan fingerprint density at radius 2 is 2.08 bits per heavy atom. The van der Waals surface area contributed by atoms with Crippen LogP contribution in [0, 0.1) is 6.92 Å². The Balaban J connectivity index is 1.42. The summed E-state index contributed by atoms with van der Waals surface area (Å²) in [5.74, 6) is 1.80. The van der Waals surface area contributed by atoms with Crippen LogP contribution in [0.25, 0.3) is 5.82 Å². The van der Waals surface area contributed by atoms with Crippen LogP contribution in [0.15, 0.2) is 36.8 Å². The molecule has 0 atom stereocenters. The number of anilines is 1. The fourth-order valence-corrected chi connectivity index (χ4v) is 2.93. The van der Waals surface area contributed by atoms with Crippen LogP contribution in [0.5, 0.6) is 0 Å². The first-order chi connectivity index (χ1) is 11.7. The highest BCUT2D eigenvalue weighted by molar-refractivity contribution is 5.94. The fourth-order valence-electron chi connectivity index (χ4n) is 2.93. The first kappa shape index (κ1) is 14.6. The molecule has 1 aliphatic rings. The summed E-state index contributed by atoms with van der Waals surface area (Å²) >= 11 is 0. The van der Waals surface area contributed by atoms with Crippen LogP contribution in [0.1, 0.15) is 16.1 Å². The van der Waals surface area contributed by atoms with Crippen LogP contribution in [0.2, 0.25) is 0 Å². The number of H-pyrrole nitrogens is 2. The summed E-state index contributed by atoms with van der Waals surface area (Å²) in [6.07, 6.45) is 5.25. The summed E-state index contributed by atoms with van der Waals surface area (Å²) in [5, 5.41) is 11.3. The second-order valence-corrected chi connectivity index (χ2v) is 5.92. The molecule has 8 nitrogen and oxygen atoms in total. The Bertz CT molecular complexity index is 824. The number of aromatic nitrogens is 5. The molecule has 2 N–H and O–H groups in total. The standard InChI is InChI=1S/C16H19N7O/c1-12-9-15(20-19-12)23-11-13(10-18-23)16(24)22-7-5-21(6-8-22)14-3-2-4-17-14/h2-4,9-11,17H,5-8H2,1H3,(H,19,20). The number of amides is 1. The van der Waals surface area contributed by atoms with Crippen LogP contribution in [-0.2, 0) is 0 Å². The lowest BCUT2D eigenvalue weighted by Gasteiger charge is -2.35. The number of nitrogens with one attached hydrogen (secondary N) is 2. The van der Waals surface area contributed by atoms with E-state index in [2.05, 4.69) is 25.2 Å². The van der Waals surface area contributed by atoms with Crippen LogP contribution >= 0.6 is 0 Å². The summed E-state index contributed by atoms with van der Waals surface area (Å²) in [5.41, 5.74) is 1.54. The van der Waals surface area contributed by atoms with Gasteiger partial charge in [0, 0.05) is 50.3 Å². The van der Waals surface area contributed by atoms with Gasteiger partial charge >= 0.3 is 0 Å². The van der Waals surface area contributed by atoms with Gasteiger partial charge < -0.3 is 14.8 Å². The van der Waals surface area contributed by atoms with Gasteiger partial charge in [-0.1, -0.05) is 0 Å². The van der Waals surface area contributed by atoms with E-state index in [1.54, 1.807) is 17.1 Å². The van der Waals surface area contributed by atoms with E-state index in [4.69, 9.17) is 0 Å². The van der Waals surface area contributed by atoms with Gasteiger partial charge in [-0.3, -0.25) is 9.89 Å². The number of carbonyl (C=O) groups is 1. The average Bonchev–Trinajstić information content (AvgIpc) is 3.35. The molecule has 3 aromatic heterocycles. The highest BCUT2D eigenvalue weighted by atomic mass is 16.2. The van der Waals surface area contributed by atoms with E-state index in [1.165, 1.54) is 0 Å². The smallest absolute Gasteiger partial charge is 0.257 e. The zero-order valence-electron chi connectivity index (χ0n) is 13.4. The summed E-state index contributed by atoms with van der Waals surface area (Å²) in [4.78, 5) is 20.0. The summed E-state index contributed by atoms with van der Waals surface area (Å²) in [7, 11) is 0. The number of carbonyl (C=O) groups excluding carboxylic acids is 1. The number of hydrogen-bond donors (Lipinski definition) is 2. The van der Waals surface area contributed by atoms with Crippen molar-refractivity contribution in [2.24, 2.45) is 0 Å². The highest BCUT2D eigenvalue weighted by Crippen LogP contribution is 2.15. The van der Waals surface area contributed by atoms with E-state index in [0.29, 0.717) is 24.5 Å². The maximum Gasteiger partial charge on any atom is 0.257 e. The molecule has 4 rings (SSSR count). The van der Waals surface area contributed by atoms with Crippen LogP contribution in [0.4, 0.5) is 5.82 Å². The minimum atomic E-state index is 0.0136. The molecule has 3 aromatic rings. The van der Waals surface area contributed by atoms with E-state index in [0.717, 1.165) is 24.6 Å². The Hall–Kier alpha value is -3.03. The molecule has 0 spiro atoms. The molecule has 1 fully saturated rings. The molecule has 4 heterocycles. The van der Waals surface area contributed by atoms with Gasteiger partial charge in [0.1, 0.15) is 5.82 Å². The minimum Gasteiger partial charge on any atom is -0.355 e. The first-order valence-electron chi connectivity index (χ1n) is 7.95. The molecule has 8 heteroatoms. The van der Waals surface area contributed by atoms with E-state index >= 15 is 0 Å². The van der Waals surface area contributed by atoms with Crippen molar-refractivity contribution < 1.29 is 4.79 Å². The Kier molecular flexibility index (Phi) is 3.56. The zero-order valence-corrected chi connectivity index (χ0v) is 13.4. The summed E-state index contributed by atoms with van der Waals surface area (Å²) in [6, 6.07) is 5.92. The third-order valence-corrected chi connectivity index (χ3v) is 4.25. The molecular weight excluding hydrogens is 306 g/mol. The van der Waals surface area contributed by atoms with Crippen molar-refractivity contribution in [2.75, 3.05) is 31.1 Å². The summed E-state index contributed by atoms with van der Waals surface area (Å²) in [6.45, 7) is 4.96. The number of rotatable bonds is 3. The second kappa shape index (κ2) is 5.88. The van der Waals surface area contributed by atoms with Gasteiger partial charge in [0.25, 0.3) is 5.91 Å². The molecule has 0 radical (unpaired) electrons. The lowest BCUT2D eigenvalue weighted by molar-refractivity contribution is 0.0746. The molecule has 124 valence electrons. The molecule has 1 saturated heterocycles. The van der Waals surface area contributed by atoms with Gasteiger partial charge in [0.05, 0.1) is 11.8 Å². The Morgan fingerprint density at radius 1 is 1.25 bits per heavy atom. The minimum absolute atomic E-state index is 0.0136.